The minimum absolute atomic E-state index is 0.175. The highest BCUT2D eigenvalue weighted by Gasteiger charge is 2.21. The Kier molecular flexibility index (Phi) is 7.17. The molecule has 0 aliphatic heterocycles. The van der Waals surface area contributed by atoms with Gasteiger partial charge in [-0.25, -0.2) is 0 Å². The Morgan fingerprint density at radius 3 is 2.27 bits per heavy atom. The number of hydrogen-bond donors (Lipinski definition) is 3. The Morgan fingerprint density at radius 1 is 0.967 bits per heavy atom. The summed E-state index contributed by atoms with van der Waals surface area (Å²) in [5.41, 5.74) is 2.64. The highest BCUT2D eigenvalue weighted by molar-refractivity contribution is 6.32. The first kappa shape index (κ1) is 21.5. The second-order valence-corrected chi connectivity index (χ2v) is 6.92. The number of rotatable bonds is 8. The standard InChI is InChI=1S/C23H23ClN2O4/c1-29-20-10-8-17(12-16(20)14-27)25-22(15-6-4-3-5-7-15)23(28)26-18-9-11-21(30-2)19(24)13-18/h3-13,22,25,27H,14H2,1-2H3,(H,26,28). The second kappa shape index (κ2) is 10.0. The van der Waals surface area contributed by atoms with Crippen LogP contribution in [0.25, 0.3) is 0 Å². The van der Waals surface area contributed by atoms with Crippen LogP contribution in [-0.4, -0.2) is 25.2 Å². The summed E-state index contributed by atoms with van der Waals surface area (Å²) in [5.74, 6) is 0.850. The summed E-state index contributed by atoms with van der Waals surface area (Å²) in [5, 5.41) is 16.1. The van der Waals surface area contributed by atoms with Crippen molar-refractivity contribution in [3.05, 3.63) is 82.9 Å². The molecule has 1 amide bonds. The third-order valence-corrected chi connectivity index (χ3v) is 4.87. The van der Waals surface area contributed by atoms with E-state index in [4.69, 9.17) is 21.1 Å². The fourth-order valence-corrected chi connectivity index (χ4v) is 3.32. The molecule has 156 valence electrons. The quantitative estimate of drug-likeness (QED) is 0.489. The fourth-order valence-electron chi connectivity index (χ4n) is 3.06. The second-order valence-electron chi connectivity index (χ2n) is 6.51. The molecule has 0 fully saturated rings. The van der Waals surface area contributed by atoms with E-state index < -0.39 is 6.04 Å². The summed E-state index contributed by atoms with van der Waals surface area (Å²) in [6, 6.07) is 19.0. The van der Waals surface area contributed by atoms with Gasteiger partial charge in [-0.1, -0.05) is 41.9 Å². The van der Waals surface area contributed by atoms with E-state index in [-0.39, 0.29) is 12.5 Å². The molecule has 0 heterocycles. The number of aliphatic hydroxyl groups is 1. The predicted octanol–water partition coefficient (Wildman–Crippen LogP) is 4.64. The smallest absolute Gasteiger partial charge is 0.251 e. The van der Waals surface area contributed by atoms with Crippen molar-refractivity contribution in [3.8, 4) is 11.5 Å². The van der Waals surface area contributed by atoms with Crippen LogP contribution in [0.4, 0.5) is 11.4 Å². The molecule has 1 atom stereocenters. The van der Waals surface area contributed by atoms with Crippen molar-refractivity contribution >= 4 is 28.9 Å². The van der Waals surface area contributed by atoms with Crippen molar-refractivity contribution < 1.29 is 19.4 Å². The Labute approximate surface area is 180 Å². The molecule has 0 spiro atoms. The van der Waals surface area contributed by atoms with E-state index >= 15 is 0 Å². The minimum Gasteiger partial charge on any atom is -0.496 e. The summed E-state index contributed by atoms with van der Waals surface area (Å²) in [4.78, 5) is 13.1. The summed E-state index contributed by atoms with van der Waals surface area (Å²) >= 11 is 6.17. The fraction of sp³-hybridized carbons (Fsp3) is 0.174. The maximum atomic E-state index is 13.1. The molecule has 0 saturated carbocycles. The molecular formula is C23H23ClN2O4. The van der Waals surface area contributed by atoms with Gasteiger partial charge in [0.05, 0.1) is 25.8 Å². The van der Waals surface area contributed by atoms with E-state index in [1.807, 2.05) is 30.3 Å². The zero-order valence-corrected chi connectivity index (χ0v) is 17.4. The third kappa shape index (κ3) is 5.03. The van der Waals surface area contributed by atoms with Gasteiger partial charge in [-0.2, -0.15) is 0 Å². The first-order chi connectivity index (χ1) is 14.5. The average Bonchev–Trinajstić information content (AvgIpc) is 2.78. The SMILES string of the molecule is COc1ccc(NC(=O)C(Nc2ccc(OC)c(CO)c2)c2ccccc2)cc1Cl. The van der Waals surface area contributed by atoms with Gasteiger partial charge in [0.1, 0.15) is 17.5 Å². The van der Waals surface area contributed by atoms with Crippen LogP contribution < -0.4 is 20.1 Å². The molecule has 1 unspecified atom stereocenters. The van der Waals surface area contributed by atoms with Crippen molar-refractivity contribution in [2.24, 2.45) is 0 Å². The molecule has 7 heteroatoms. The number of amides is 1. The highest BCUT2D eigenvalue weighted by atomic mass is 35.5. The lowest BCUT2D eigenvalue weighted by Gasteiger charge is -2.21. The average molecular weight is 427 g/mol. The van der Waals surface area contributed by atoms with Crippen LogP contribution in [0.5, 0.6) is 11.5 Å². The lowest BCUT2D eigenvalue weighted by atomic mass is 10.0. The summed E-state index contributed by atoms with van der Waals surface area (Å²) in [6.07, 6.45) is 0. The normalized spacial score (nSPS) is 11.5. The minimum atomic E-state index is -0.674. The van der Waals surface area contributed by atoms with E-state index in [0.29, 0.717) is 33.5 Å². The van der Waals surface area contributed by atoms with E-state index in [2.05, 4.69) is 10.6 Å². The molecule has 3 rings (SSSR count). The Morgan fingerprint density at radius 2 is 1.63 bits per heavy atom. The zero-order valence-electron chi connectivity index (χ0n) is 16.7. The molecule has 0 saturated heterocycles. The lowest BCUT2D eigenvalue weighted by Crippen LogP contribution is -2.27. The van der Waals surface area contributed by atoms with Crippen LogP contribution in [0.15, 0.2) is 66.7 Å². The van der Waals surface area contributed by atoms with Crippen LogP contribution >= 0.6 is 11.6 Å². The van der Waals surface area contributed by atoms with Gasteiger partial charge in [0.15, 0.2) is 0 Å². The van der Waals surface area contributed by atoms with Crippen LogP contribution in [0.2, 0.25) is 5.02 Å². The maximum absolute atomic E-state index is 13.1. The molecule has 0 aromatic heterocycles. The van der Waals surface area contributed by atoms with Crippen molar-refractivity contribution in [2.75, 3.05) is 24.9 Å². The molecule has 6 nitrogen and oxygen atoms in total. The molecule has 3 aromatic rings. The zero-order chi connectivity index (χ0) is 21.5. The van der Waals surface area contributed by atoms with Gasteiger partial charge in [-0.3, -0.25) is 4.79 Å². The number of anilines is 2. The first-order valence-electron chi connectivity index (χ1n) is 9.29. The van der Waals surface area contributed by atoms with Gasteiger partial charge in [0, 0.05) is 16.9 Å². The number of methoxy groups -OCH3 is 2. The third-order valence-electron chi connectivity index (χ3n) is 4.58. The predicted molar refractivity (Wildman–Crippen MR) is 118 cm³/mol. The summed E-state index contributed by atoms with van der Waals surface area (Å²) in [6.45, 7) is -0.175. The van der Waals surface area contributed by atoms with Gasteiger partial charge in [0.2, 0.25) is 0 Å². The molecule has 0 aliphatic rings. The van der Waals surface area contributed by atoms with Crippen LogP contribution in [0.1, 0.15) is 17.2 Å². The summed E-state index contributed by atoms with van der Waals surface area (Å²) < 4.78 is 10.4. The van der Waals surface area contributed by atoms with Crippen molar-refractivity contribution in [1.82, 2.24) is 0 Å². The number of carbonyl (C=O) groups excluding carboxylic acids is 1. The van der Waals surface area contributed by atoms with Crippen molar-refractivity contribution in [3.63, 3.8) is 0 Å². The summed E-state index contributed by atoms with van der Waals surface area (Å²) in [7, 11) is 3.08. The molecule has 0 aliphatic carbocycles. The van der Waals surface area contributed by atoms with Crippen LogP contribution in [0.3, 0.4) is 0 Å². The lowest BCUT2D eigenvalue weighted by molar-refractivity contribution is -0.117. The molecule has 3 N–H and O–H groups in total. The number of nitrogens with one attached hydrogen (secondary N) is 2. The Hall–Kier alpha value is -3.22. The van der Waals surface area contributed by atoms with Gasteiger partial charge < -0.3 is 25.2 Å². The van der Waals surface area contributed by atoms with E-state index in [9.17, 15) is 9.90 Å². The molecular weight excluding hydrogens is 404 g/mol. The van der Waals surface area contributed by atoms with E-state index in [1.54, 1.807) is 43.5 Å². The van der Waals surface area contributed by atoms with Crippen LogP contribution in [0, 0.1) is 0 Å². The maximum Gasteiger partial charge on any atom is 0.251 e. The van der Waals surface area contributed by atoms with Crippen LogP contribution in [-0.2, 0) is 11.4 Å². The number of aliphatic hydroxyl groups excluding tert-OH is 1. The van der Waals surface area contributed by atoms with Gasteiger partial charge in [-0.05, 0) is 42.0 Å². The Balaban J connectivity index is 1.88. The number of ether oxygens (including phenoxy) is 2. The Bertz CT molecular complexity index is 1010. The van der Waals surface area contributed by atoms with Gasteiger partial charge >= 0.3 is 0 Å². The van der Waals surface area contributed by atoms with Gasteiger partial charge in [0.25, 0.3) is 5.91 Å². The number of hydrogen-bond acceptors (Lipinski definition) is 5. The molecule has 0 bridgehead atoms. The first-order valence-corrected chi connectivity index (χ1v) is 9.67. The van der Waals surface area contributed by atoms with Crippen molar-refractivity contribution in [2.45, 2.75) is 12.6 Å². The number of carbonyl (C=O) groups is 1. The molecule has 0 radical (unpaired) electrons. The monoisotopic (exact) mass is 426 g/mol. The molecule has 30 heavy (non-hydrogen) atoms. The van der Waals surface area contributed by atoms with E-state index in [1.165, 1.54) is 7.11 Å². The number of benzene rings is 3. The topological polar surface area (TPSA) is 79.8 Å². The molecule has 3 aromatic carbocycles. The van der Waals surface area contributed by atoms with E-state index in [0.717, 1.165) is 5.56 Å². The largest absolute Gasteiger partial charge is 0.496 e. The number of halogens is 1. The van der Waals surface area contributed by atoms with Gasteiger partial charge in [-0.15, -0.1) is 0 Å². The highest BCUT2D eigenvalue weighted by Crippen LogP contribution is 2.29. The van der Waals surface area contributed by atoms with Crippen molar-refractivity contribution in [1.29, 1.82) is 0 Å².